The minimum atomic E-state index is 0.0174. The van der Waals surface area contributed by atoms with Gasteiger partial charge in [0.05, 0.1) is 5.71 Å². The van der Waals surface area contributed by atoms with E-state index < -0.39 is 0 Å². The van der Waals surface area contributed by atoms with E-state index in [9.17, 15) is 0 Å². The molecule has 0 aliphatic carbocycles. The molecule has 0 aliphatic rings. The molecule has 0 rings (SSSR count). The van der Waals surface area contributed by atoms with Gasteiger partial charge >= 0.3 is 0 Å². The highest BCUT2D eigenvalue weighted by atomic mass is 16.4. The summed E-state index contributed by atoms with van der Waals surface area (Å²) in [7, 11) is 0. The molecule has 2 heteroatoms. The maximum Gasteiger partial charge on any atom is 0.0621 e. The molecule has 54 valence electrons. The zero-order chi connectivity index (χ0) is 7.49. The zero-order valence-corrected chi connectivity index (χ0v) is 6.60. The van der Waals surface area contributed by atoms with E-state index in [0.29, 0.717) is 0 Å². The van der Waals surface area contributed by atoms with Crippen LogP contribution >= 0.6 is 0 Å². The monoisotopic (exact) mass is 129 g/mol. The predicted molar refractivity (Wildman–Crippen MR) is 39.0 cm³/mol. The Morgan fingerprint density at radius 2 is 1.89 bits per heavy atom. The highest BCUT2D eigenvalue weighted by Crippen LogP contribution is 2.17. The fraction of sp³-hybridized carbons (Fsp3) is 0.857. The van der Waals surface area contributed by atoms with Crippen molar-refractivity contribution < 1.29 is 5.21 Å². The third kappa shape index (κ3) is 2.49. The molecule has 0 aromatic rings. The summed E-state index contributed by atoms with van der Waals surface area (Å²) in [5.41, 5.74) is 0.867. The fourth-order valence-electron chi connectivity index (χ4n) is 0.751. The normalized spacial score (nSPS) is 14.0. The molecule has 0 unspecified atom stereocenters. The minimum absolute atomic E-state index is 0.0174. The van der Waals surface area contributed by atoms with Crippen LogP contribution in [0.2, 0.25) is 0 Å². The summed E-state index contributed by atoms with van der Waals surface area (Å²) in [5, 5.41) is 11.6. The molecule has 0 fully saturated rings. The van der Waals surface area contributed by atoms with Gasteiger partial charge in [0.2, 0.25) is 0 Å². The molecule has 0 aliphatic heterocycles. The molecule has 0 spiro atoms. The second-order valence-electron chi connectivity index (χ2n) is 3.15. The molecule has 1 N–H and O–H groups in total. The van der Waals surface area contributed by atoms with Crippen LogP contribution in [-0.4, -0.2) is 10.9 Å². The van der Waals surface area contributed by atoms with Crippen molar-refractivity contribution in [2.45, 2.75) is 34.1 Å². The Morgan fingerprint density at radius 1 is 1.44 bits per heavy atom. The van der Waals surface area contributed by atoms with Gasteiger partial charge in [-0.15, -0.1) is 0 Å². The molecule has 2 nitrogen and oxygen atoms in total. The summed E-state index contributed by atoms with van der Waals surface area (Å²) in [5.74, 6) is 0. The standard InChI is InChI=1S/C7H15NO/c1-5-6(8-9)7(2,3)4/h9H,5H2,1-4H3. The van der Waals surface area contributed by atoms with Crippen molar-refractivity contribution in [2.75, 3.05) is 0 Å². The summed E-state index contributed by atoms with van der Waals surface area (Å²) in [4.78, 5) is 0. The maximum absolute atomic E-state index is 8.45. The van der Waals surface area contributed by atoms with E-state index in [2.05, 4.69) is 5.16 Å². The van der Waals surface area contributed by atoms with E-state index in [1.54, 1.807) is 0 Å². The first-order valence-electron chi connectivity index (χ1n) is 3.23. The molecule has 0 atom stereocenters. The quantitative estimate of drug-likeness (QED) is 0.329. The number of rotatable bonds is 1. The third-order valence-electron chi connectivity index (χ3n) is 1.32. The highest BCUT2D eigenvalue weighted by Gasteiger charge is 2.16. The van der Waals surface area contributed by atoms with E-state index >= 15 is 0 Å². The van der Waals surface area contributed by atoms with Gasteiger partial charge in [0.1, 0.15) is 0 Å². The van der Waals surface area contributed by atoms with Gasteiger partial charge in [0.25, 0.3) is 0 Å². The molecule has 0 aromatic carbocycles. The summed E-state index contributed by atoms with van der Waals surface area (Å²) >= 11 is 0. The SMILES string of the molecule is CCC(=NO)C(C)(C)C. The van der Waals surface area contributed by atoms with Crippen LogP contribution in [0.15, 0.2) is 5.16 Å². The van der Waals surface area contributed by atoms with Crippen molar-refractivity contribution in [1.29, 1.82) is 0 Å². The van der Waals surface area contributed by atoms with Crippen LogP contribution in [-0.2, 0) is 0 Å². The molecule has 0 bridgehead atoms. The van der Waals surface area contributed by atoms with Crippen LogP contribution in [0.3, 0.4) is 0 Å². The van der Waals surface area contributed by atoms with E-state index in [0.717, 1.165) is 12.1 Å². The first-order chi connectivity index (χ1) is 4.02. The van der Waals surface area contributed by atoms with Crippen molar-refractivity contribution >= 4 is 5.71 Å². The lowest BCUT2D eigenvalue weighted by Crippen LogP contribution is -2.19. The van der Waals surface area contributed by atoms with Gasteiger partial charge in [0, 0.05) is 5.41 Å². The minimum Gasteiger partial charge on any atom is -0.411 e. The van der Waals surface area contributed by atoms with Gasteiger partial charge in [-0.05, 0) is 6.42 Å². The van der Waals surface area contributed by atoms with E-state index in [1.165, 1.54) is 0 Å². The van der Waals surface area contributed by atoms with Gasteiger partial charge in [-0.25, -0.2) is 0 Å². The first-order valence-corrected chi connectivity index (χ1v) is 3.23. The van der Waals surface area contributed by atoms with Crippen LogP contribution in [0.1, 0.15) is 34.1 Å². The fourth-order valence-corrected chi connectivity index (χ4v) is 0.751. The Bertz CT molecular complexity index is 111. The van der Waals surface area contributed by atoms with Crippen LogP contribution in [0.5, 0.6) is 0 Å². The lowest BCUT2D eigenvalue weighted by atomic mass is 9.89. The Hall–Kier alpha value is -0.530. The van der Waals surface area contributed by atoms with Gasteiger partial charge in [-0.3, -0.25) is 0 Å². The molecule has 0 saturated heterocycles. The van der Waals surface area contributed by atoms with Gasteiger partial charge in [-0.1, -0.05) is 32.9 Å². The zero-order valence-electron chi connectivity index (χ0n) is 6.60. The second kappa shape index (κ2) is 2.85. The number of oxime groups is 1. The second-order valence-corrected chi connectivity index (χ2v) is 3.15. The van der Waals surface area contributed by atoms with Crippen molar-refractivity contribution in [3.8, 4) is 0 Å². The molecule has 0 amide bonds. The smallest absolute Gasteiger partial charge is 0.0621 e. The van der Waals surface area contributed by atoms with Crippen molar-refractivity contribution in [3.63, 3.8) is 0 Å². The summed E-state index contributed by atoms with van der Waals surface area (Å²) in [6, 6.07) is 0. The van der Waals surface area contributed by atoms with Crippen molar-refractivity contribution in [3.05, 3.63) is 0 Å². The molecule has 0 heterocycles. The van der Waals surface area contributed by atoms with E-state index in [-0.39, 0.29) is 5.41 Å². The molecule has 0 radical (unpaired) electrons. The van der Waals surface area contributed by atoms with Crippen molar-refractivity contribution in [1.82, 2.24) is 0 Å². The van der Waals surface area contributed by atoms with E-state index in [1.807, 2.05) is 27.7 Å². The maximum atomic E-state index is 8.45. The lowest BCUT2D eigenvalue weighted by molar-refractivity contribution is 0.309. The average molecular weight is 129 g/mol. The van der Waals surface area contributed by atoms with Crippen molar-refractivity contribution in [2.24, 2.45) is 10.6 Å². The Morgan fingerprint density at radius 3 is 1.89 bits per heavy atom. The Labute approximate surface area is 56.6 Å². The molecule has 0 aromatic heterocycles. The first kappa shape index (κ1) is 8.47. The Balaban J connectivity index is 4.14. The van der Waals surface area contributed by atoms with Gasteiger partial charge in [0.15, 0.2) is 0 Å². The highest BCUT2D eigenvalue weighted by molar-refractivity contribution is 5.88. The predicted octanol–water partition coefficient (Wildman–Crippen LogP) is 2.27. The van der Waals surface area contributed by atoms with Gasteiger partial charge < -0.3 is 5.21 Å². The average Bonchev–Trinajstić information content (AvgIpc) is 1.65. The summed E-state index contributed by atoms with van der Waals surface area (Å²) in [6.07, 6.45) is 0.819. The topological polar surface area (TPSA) is 32.6 Å². The molecular formula is C7H15NO. The lowest BCUT2D eigenvalue weighted by Gasteiger charge is -2.17. The number of hydrogen-bond acceptors (Lipinski definition) is 2. The Kier molecular flexibility index (Phi) is 2.68. The molecule has 0 saturated carbocycles. The molecule has 9 heavy (non-hydrogen) atoms. The van der Waals surface area contributed by atoms with Gasteiger partial charge in [-0.2, -0.15) is 0 Å². The summed E-state index contributed by atoms with van der Waals surface area (Å²) in [6.45, 7) is 8.09. The number of hydrogen-bond donors (Lipinski definition) is 1. The number of nitrogens with zero attached hydrogens (tertiary/aromatic N) is 1. The molecular weight excluding hydrogens is 114 g/mol. The summed E-state index contributed by atoms with van der Waals surface area (Å²) < 4.78 is 0. The third-order valence-corrected chi connectivity index (χ3v) is 1.32. The van der Waals surface area contributed by atoms with Crippen LogP contribution in [0.25, 0.3) is 0 Å². The van der Waals surface area contributed by atoms with Crippen LogP contribution in [0.4, 0.5) is 0 Å². The van der Waals surface area contributed by atoms with Crippen LogP contribution in [0, 0.1) is 5.41 Å². The van der Waals surface area contributed by atoms with Crippen LogP contribution < -0.4 is 0 Å². The van der Waals surface area contributed by atoms with E-state index in [4.69, 9.17) is 5.21 Å². The largest absolute Gasteiger partial charge is 0.411 e.